The number of hydrogen-bond donors (Lipinski definition) is 1. The Morgan fingerprint density at radius 3 is 2.55 bits per heavy atom. The van der Waals surface area contributed by atoms with Gasteiger partial charge < -0.3 is 19.3 Å². The third kappa shape index (κ3) is 5.28. The average molecular weight is 557 g/mol. The molecule has 0 bridgehead atoms. The largest absolute Gasteiger partial charge is 0.507 e. The van der Waals surface area contributed by atoms with Crippen LogP contribution in [0, 0.1) is 0 Å². The van der Waals surface area contributed by atoms with Crippen LogP contribution in [0.4, 0.5) is 0 Å². The average Bonchev–Trinajstić information content (AvgIpc) is 3.28. The maximum atomic E-state index is 13.4. The number of thiazole rings is 1. The number of ether oxygens (including phenoxy) is 3. The second-order valence-electron chi connectivity index (χ2n) is 9.03. The van der Waals surface area contributed by atoms with Crippen LogP contribution in [-0.4, -0.2) is 29.4 Å². The van der Waals surface area contributed by atoms with Crippen LogP contribution in [0.3, 0.4) is 0 Å². The molecule has 1 aromatic heterocycles. The second-order valence-corrected chi connectivity index (χ2v) is 10.0. The van der Waals surface area contributed by atoms with Gasteiger partial charge in [-0.1, -0.05) is 65.9 Å². The van der Waals surface area contributed by atoms with Gasteiger partial charge in [-0.3, -0.25) is 9.36 Å². The van der Waals surface area contributed by atoms with Crippen molar-refractivity contribution < 1.29 is 24.1 Å². The number of para-hydroxylation sites is 1. The Labute approximate surface area is 234 Å². The van der Waals surface area contributed by atoms with E-state index in [-0.39, 0.29) is 23.5 Å². The number of methoxy groups -OCH3 is 1. The highest BCUT2D eigenvalue weighted by molar-refractivity contribution is 7.07. The fraction of sp³-hybridized carbons (Fsp3) is 0.194. The third-order valence-corrected chi connectivity index (χ3v) is 7.49. The van der Waals surface area contributed by atoms with Crippen molar-refractivity contribution in [2.75, 3.05) is 13.7 Å². The van der Waals surface area contributed by atoms with Gasteiger partial charge in [0.15, 0.2) is 16.3 Å². The quantitative estimate of drug-likeness (QED) is 0.327. The van der Waals surface area contributed by atoms with Crippen LogP contribution in [-0.2, 0) is 16.1 Å². The van der Waals surface area contributed by atoms with E-state index in [9.17, 15) is 14.7 Å². The lowest BCUT2D eigenvalue weighted by Crippen LogP contribution is -2.35. The molecule has 40 heavy (non-hydrogen) atoms. The van der Waals surface area contributed by atoms with Crippen LogP contribution in [0.1, 0.15) is 36.6 Å². The maximum Gasteiger partial charge on any atom is 0.338 e. The topological polar surface area (TPSA) is 99.4 Å². The predicted octanol–water partition coefficient (Wildman–Crippen LogP) is 4.20. The molecule has 1 aliphatic heterocycles. The number of nitrogens with zero attached hydrogens (tertiary/aromatic N) is 2. The molecular weight excluding hydrogens is 528 g/mol. The summed E-state index contributed by atoms with van der Waals surface area (Å²) in [6.07, 6.45) is 1.62. The summed E-state index contributed by atoms with van der Waals surface area (Å²) < 4.78 is 18.8. The molecule has 8 nitrogen and oxygen atoms in total. The lowest BCUT2D eigenvalue weighted by atomic mass is 9.96. The van der Waals surface area contributed by atoms with Gasteiger partial charge in [-0.2, -0.15) is 0 Å². The number of aromatic nitrogens is 1. The number of hydrogen-bond acceptors (Lipinski definition) is 8. The highest BCUT2D eigenvalue weighted by Gasteiger charge is 2.32. The zero-order chi connectivity index (χ0) is 28.2. The number of phenols is 1. The Bertz CT molecular complexity index is 1770. The SMILES string of the molecule is CCOC(=O)C1=C(C)n2c(s/c(=C\c3ccccc3O)c2=O)=N[C@@H]1c1ccc(OCc2ccccc2)c(OC)c1. The first-order valence-electron chi connectivity index (χ1n) is 12.7. The van der Waals surface area contributed by atoms with Gasteiger partial charge >= 0.3 is 5.97 Å². The molecule has 9 heteroatoms. The van der Waals surface area contributed by atoms with Gasteiger partial charge in [-0.05, 0) is 49.2 Å². The van der Waals surface area contributed by atoms with E-state index in [1.54, 1.807) is 63.4 Å². The first-order chi connectivity index (χ1) is 19.4. The number of fused-ring (bicyclic) bond motifs is 1. The summed E-state index contributed by atoms with van der Waals surface area (Å²) in [5.74, 6) is 0.561. The first-order valence-corrected chi connectivity index (χ1v) is 13.5. The van der Waals surface area contributed by atoms with Crippen molar-refractivity contribution in [3.05, 3.63) is 115 Å². The summed E-state index contributed by atoms with van der Waals surface area (Å²) in [5.41, 5.74) is 2.60. The van der Waals surface area contributed by atoms with Crippen LogP contribution in [0.25, 0.3) is 11.8 Å². The maximum absolute atomic E-state index is 13.4. The summed E-state index contributed by atoms with van der Waals surface area (Å²) in [6.45, 7) is 3.99. The zero-order valence-corrected chi connectivity index (χ0v) is 23.1. The van der Waals surface area contributed by atoms with Crippen molar-refractivity contribution in [1.82, 2.24) is 4.57 Å². The number of aromatic hydroxyl groups is 1. The summed E-state index contributed by atoms with van der Waals surface area (Å²) >= 11 is 1.19. The number of esters is 1. The lowest BCUT2D eigenvalue weighted by Gasteiger charge is -2.23. The summed E-state index contributed by atoms with van der Waals surface area (Å²) in [4.78, 5) is 31.9. The predicted molar refractivity (Wildman–Crippen MR) is 153 cm³/mol. The fourth-order valence-corrected chi connectivity index (χ4v) is 5.55. The molecule has 4 aromatic rings. The molecule has 1 aliphatic rings. The highest BCUT2D eigenvalue weighted by atomic mass is 32.1. The van der Waals surface area contributed by atoms with Gasteiger partial charge in [0.05, 0.1) is 23.8 Å². The van der Waals surface area contributed by atoms with Crippen molar-refractivity contribution in [2.45, 2.75) is 26.5 Å². The molecule has 1 atom stereocenters. The van der Waals surface area contributed by atoms with E-state index < -0.39 is 12.0 Å². The molecule has 1 N–H and O–H groups in total. The number of carbonyl (C=O) groups excluding carboxylic acids is 1. The molecule has 204 valence electrons. The normalized spacial score (nSPS) is 14.9. The number of carbonyl (C=O) groups is 1. The van der Waals surface area contributed by atoms with Crippen molar-refractivity contribution in [2.24, 2.45) is 4.99 Å². The van der Waals surface area contributed by atoms with Gasteiger partial charge in [0, 0.05) is 11.3 Å². The van der Waals surface area contributed by atoms with E-state index in [1.165, 1.54) is 15.9 Å². The Morgan fingerprint density at radius 1 is 1.07 bits per heavy atom. The van der Waals surface area contributed by atoms with E-state index in [4.69, 9.17) is 19.2 Å². The van der Waals surface area contributed by atoms with Gasteiger partial charge in [0.25, 0.3) is 5.56 Å². The number of rotatable bonds is 8. The molecule has 0 radical (unpaired) electrons. The van der Waals surface area contributed by atoms with E-state index >= 15 is 0 Å². The molecule has 0 saturated heterocycles. The molecule has 0 aliphatic carbocycles. The van der Waals surface area contributed by atoms with E-state index in [0.717, 1.165) is 5.56 Å². The first kappa shape index (κ1) is 27.0. The summed E-state index contributed by atoms with van der Waals surface area (Å²) in [5, 5.41) is 10.2. The highest BCUT2D eigenvalue weighted by Crippen LogP contribution is 2.37. The van der Waals surface area contributed by atoms with Crippen molar-refractivity contribution >= 4 is 29.1 Å². The molecule has 0 unspecified atom stereocenters. The molecule has 0 fully saturated rings. The zero-order valence-electron chi connectivity index (χ0n) is 22.3. The smallest absolute Gasteiger partial charge is 0.338 e. The molecular formula is C31H28N2O6S. The summed E-state index contributed by atoms with van der Waals surface area (Å²) in [6, 6.07) is 21.3. The molecule has 5 rings (SSSR count). The van der Waals surface area contributed by atoms with Crippen molar-refractivity contribution in [1.29, 1.82) is 0 Å². The summed E-state index contributed by atoms with van der Waals surface area (Å²) in [7, 11) is 1.55. The molecule has 2 heterocycles. The molecule has 0 amide bonds. The van der Waals surface area contributed by atoms with Crippen molar-refractivity contribution in [3.8, 4) is 17.2 Å². The van der Waals surface area contributed by atoms with E-state index in [0.29, 0.717) is 44.3 Å². The van der Waals surface area contributed by atoms with Gasteiger partial charge in [0.1, 0.15) is 18.4 Å². The van der Waals surface area contributed by atoms with Gasteiger partial charge in [-0.25, -0.2) is 9.79 Å². The van der Waals surface area contributed by atoms with Crippen LogP contribution in [0.15, 0.2) is 88.2 Å². The Kier molecular flexibility index (Phi) is 7.84. The number of benzene rings is 3. The van der Waals surface area contributed by atoms with Gasteiger partial charge in [0.2, 0.25) is 0 Å². The fourth-order valence-electron chi connectivity index (χ4n) is 4.52. The Morgan fingerprint density at radius 2 is 1.82 bits per heavy atom. The minimum atomic E-state index is -0.729. The Hall–Kier alpha value is -4.63. The van der Waals surface area contributed by atoms with E-state index in [1.807, 2.05) is 36.4 Å². The molecule has 0 saturated carbocycles. The minimum absolute atomic E-state index is 0.0641. The van der Waals surface area contributed by atoms with Crippen LogP contribution in [0.5, 0.6) is 17.2 Å². The van der Waals surface area contributed by atoms with E-state index in [2.05, 4.69) is 0 Å². The van der Waals surface area contributed by atoms with Crippen molar-refractivity contribution in [3.63, 3.8) is 0 Å². The second kappa shape index (κ2) is 11.6. The standard InChI is InChI=1S/C31H28N2O6S/c1-4-38-30(36)27-19(2)33-29(35)26(17-21-12-8-9-13-23(21)34)40-31(33)32-28(27)22-14-15-24(25(16-22)37-3)39-18-20-10-6-5-7-11-20/h5-17,28,34H,4,18H2,1-3H3/b26-17-/t28-/m1/s1. The van der Waals surface area contributed by atoms with Crippen LogP contribution in [0.2, 0.25) is 0 Å². The minimum Gasteiger partial charge on any atom is -0.507 e. The molecule has 0 spiro atoms. The van der Waals surface area contributed by atoms with Crippen LogP contribution >= 0.6 is 11.3 Å². The lowest BCUT2D eigenvalue weighted by molar-refractivity contribution is -0.138. The van der Waals surface area contributed by atoms with Gasteiger partial charge in [-0.15, -0.1) is 0 Å². The number of phenolic OH excluding ortho intramolecular Hbond substituents is 1. The Balaban J connectivity index is 1.60. The monoisotopic (exact) mass is 556 g/mol. The third-order valence-electron chi connectivity index (χ3n) is 6.50. The molecule has 3 aromatic carbocycles. The van der Waals surface area contributed by atoms with Crippen LogP contribution < -0.4 is 24.4 Å². The number of allylic oxidation sites excluding steroid dienone is 1.